The van der Waals surface area contributed by atoms with Gasteiger partial charge in [0.25, 0.3) is 0 Å². The average Bonchev–Trinajstić information content (AvgIpc) is 2.73. The summed E-state index contributed by atoms with van der Waals surface area (Å²) >= 11 is 0. The van der Waals surface area contributed by atoms with Gasteiger partial charge in [-0.3, -0.25) is 0 Å². The third kappa shape index (κ3) is 4.38. The molecule has 0 saturated heterocycles. The van der Waals surface area contributed by atoms with Crippen LogP contribution in [0.5, 0.6) is 11.5 Å². The second kappa shape index (κ2) is 8.87. The lowest BCUT2D eigenvalue weighted by Gasteiger charge is -2.20. The normalized spacial score (nSPS) is 11.1. The van der Waals surface area contributed by atoms with E-state index in [1.165, 1.54) is 0 Å². The molecular weight excluding hydrogens is 344 g/mol. The Labute approximate surface area is 166 Å². The summed E-state index contributed by atoms with van der Waals surface area (Å²) in [7, 11) is 2.01. The van der Waals surface area contributed by atoms with E-state index in [-0.39, 0.29) is 0 Å². The largest absolute Gasteiger partial charge is 0.457 e. The molecule has 0 spiro atoms. The van der Waals surface area contributed by atoms with Crippen LogP contribution >= 0.6 is 0 Å². The predicted molar refractivity (Wildman–Crippen MR) is 120 cm³/mol. The molecule has 0 amide bonds. The molecule has 0 aliphatic rings. The van der Waals surface area contributed by atoms with Crippen molar-refractivity contribution in [1.82, 2.24) is 4.98 Å². The molecule has 0 bridgehead atoms. The van der Waals surface area contributed by atoms with Crippen LogP contribution in [0.1, 0.15) is 5.56 Å². The molecule has 3 rings (SSSR count). The fraction of sp³-hybridized carbons (Fsp3) is 0.0800. The van der Waals surface area contributed by atoms with E-state index in [1.54, 1.807) is 6.08 Å². The Morgan fingerprint density at radius 1 is 1.04 bits per heavy atom. The molecule has 0 aliphatic heterocycles. The highest BCUT2D eigenvalue weighted by molar-refractivity contribution is 5.90. The smallest absolute Gasteiger partial charge is 0.129 e. The number of nitrogens with zero attached hydrogens (tertiary/aromatic N) is 2. The molecule has 2 aromatic carbocycles. The van der Waals surface area contributed by atoms with Crippen LogP contribution in [-0.4, -0.2) is 18.6 Å². The van der Waals surface area contributed by atoms with E-state index in [2.05, 4.69) is 24.6 Å². The number of pyridine rings is 1. The van der Waals surface area contributed by atoms with Gasteiger partial charge in [0.15, 0.2) is 0 Å². The monoisotopic (exact) mass is 368 g/mol. The summed E-state index contributed by atoms with van der Waals surface area (Å²) in [5.41, 5.74) is 2.98. The number of para-hydroxylation sites is 1. The van der Waals surface area contributed by atoms with Gasteiger partial charge in [-0.15, -0.1) is 0 Å². The van der Waals surface area contributed by atoms with Crippen molar-refractivity contribution in [1.29, 1.82) is 0 Å². The Hall–Kier alpha value is -3.59. The lowest BCUT2D eigenvalue weighted by molar-refractivity contribution is 0.483. The van der Waals surface area contributed by atoms with Gasteiger partial charge in [0.05, 0.1) is 5.52 Å². The number of anilines is 1. The Morgan fingerprint density at radius 2 is 1.82 bits per heavy atom. The first-order chi connectivity index (χ1) is 13.6. The SMILES string of the molecule is C=C/C=C(\C=C)CN(C)c1cc(C=C)c2cc(Oc3ccccc3)ccc2n1. The minimum atomic E-state index is 0.694. The number of fused-ring (bicyclic) bond motifs is 1. The lowest BCUT2D eigenvalue weighted by atomic mass is 10.1. The van der Waals surface area contributed by atoms with E-state index >= 15 is 0 Å². The first-order valence-electron chi connectivity index (χ1n) is 9.10. The van der Waals surface area contributed by atoms with Crippen molar-refractivity contribution in [2.45, 2.75) is 0 Å². The summed E-state index contributed by atoms with van der Waals surface area (Å²) in [6.45, 7) is 12.3. The summed E-state index contributed by atoms with van der Waals surface area (Å²) in [6, 6.07) is 17.7. The lowest BCUT2D eigenvalue weighted by Crippen LogP contribution is -2.21. The number of benzene rings is 2. The molecule has 1 heterocycles. The van der Waals surface area contributed by atoms with Gasteiger partial charge in [-0.05, 0) is 47.5 Å². The fourth-order valence-corrected chi connectivity index (χ4v) is 2.96. The predicted octanol–water partition coefficient (Wildman–Crippen LogP) is 6.40. The van der Waals surface area contributed by atoms with E-state index in [0.29, 0.717) is 6.54 Å². The van der Waals surface area contributed by atoms with Crippen LogP contribution in [0.25, 0.3) is 17.0 Å². The molecule has 0 aliphatic carbocycles. The molecule has 0 saturated carbocycles. The molecule has 3 heteroatoms. The molecule has 0 unspecified atom stereocenters. The van der Waals surface area contributed by atoms with Crippen LogP contribution in [0, 0.1) is 0 Å². The highest BCUT2D eigenvalue weighted by Crippen LogP contribution is 2.29. The Balaban J connectivity index is 1.94. The van der Waals surface area contributed by atoms with E-state index in [1.807, 2.05) is 79.9 Å². The molecular formula is C25H24N2O. The molecule has 140 valence electrons. The van der Waals surface area contributed by atoms with Crippen molar-refractivity contribution in [2.75, 3.05) is 18.5 Å². The first kappa shape index (κ1) is 19.2. The molecule has 3 aromatic rings. The maximum absolute atomic E-state index is 5.96. The van der Waals surface area contributed by atoms with E-state index in [9.17, 15) is 0 Å². The molecule has 0 fully saturated rings. The van der Waals surface area contributed by atoms with Gasteiger partial charge < -0.3 is 9.64 Å². The number of rotatable bonds is 8. The van der Waals surface area contributed by atoms with E-state index < -0.39 is 0 Å². The number of hydrogen-bond acceptors (Lipinski definition) is 3. The Kier molecular flexibility index (Phi) is 6.07. The van der Waals surface area contributed by atoms with Crippen molar-refractivity contribution >= 4 is 22.8 Å². The molecule has 0 N–H and O–H groups in total. The number of hydrogen-bond donors (Lipinski definition) is 0. The fourth-order valence-electron chi connectivity index (χ4n) is 2.96. The van der Waals surface area contributed by atoms with E-state index in [0.717, 1.165) is 39.4 Å². The highest BCUT2D eigenvalue weighted by Gasteiger charge is 2.10. The van der Waals surface area contributed by atoms with Crippen LogP contribution in [-0.2, 0) is 0 Å². The summed E-state index contributed by atoms with van der Waals surface area (Å²) in [4.78, 5) is 6.90. The third-order valence-electron chi connectivity index (χ3n) is 4.40. The molecule has 1 aromatic heterocycles. The molecule has 28 heavy (non-hydrogen) atoms. The number of aromatic nitrogens is 1. The Bertz CT molecular complexity index is 1040. The summed E-state index contributed by atoms with van der Waals surface area (Å²) in [5, 5.41) is 1.01. The van der Waals surface area contributed by atoms with Crippen LogP contribution in [0.2, 0.25) is 0 Å². The van der Waals surface area contributed by atoms with Crippen LogP contribution in [0.3, 0.4) is 0 Å². The van der Waals surface area contributed by atoms with Gasteiger partial charge in [0.2, 0.25) is 0 Å². The van der Waals surface area contributed by atoms with Gasteiger partial charge >= 0.3 is 0 Å². The van der Waals surface area contributed by atoms with Crippen molar-refractivity contribution in [3.8, 4) is 11.5 Å². The second-order valence-corrected chi connectivity index (χ2v) is 6.41. The standard InChI is InChI=1S/C25H24N2O/c1-5-11-19(6-2)18-27(4)25-16-20(7-3)23-17-22(14-15-24(23)26-25)28-21-12-9-8-10-13-21/h5-17H,1-3,18H2,4H3/b19-11+. The van der Waals surface area contributed by atoms with Gasteiger partial charge in [0, 0.05) is 19.0 Å². The van der Waals surface area contributed by atoms with Crippen molar-refractivity contribution in [2.24, 2.45) is 0 Å². The summed E-state index contributed by atoms with van der Waals surface area (Å²) in [5.74, 6) is 2.45. The van der Waals surface area contributed by atoms with Crippen molar-refractivity contribution in [3.63, 3.8) is 0 Å². The minimum absolute atomic E-state index is 0.694. The van der Waals surface area contributed by atoms with Gasteiger partial charge in [-0.1, -0.05) is 62.2 Å². The summed E-state index contributed by atoms with van der Waals surface area (Å²) < 4.78 is 5.96. The van der Waals surface area contributed by atoms with Crippen LogP contribution < -0.4 is 9.64 Å². The average molecular weight is 368 g/mol. The van der Waals surface area contributed by atoms with Crippen molar-refractivity contribution < 1.29 is 4.74 Å². The van der Waals surface area contributed by atoms with Gasteiger partial charge in [0.1, 0.15) is 17.3 Å². The zero-order chi connectivity index (χ0) is 19.9. The minimum Gasteiger partial charge on any atom is -0.457 e. The number of allylic oxidation sites excluding steroid dienone is 2. The number of likely N-dealkylation sites (N-methyl/N-ethyl adjacent to an activating group) is 1. The molecule has 3 nitrogen and oxygen atoms in total. The third-order valence-corrected chi connectivity index (χ3v) is 4.40. The molecule has 0 atom stereocenters. The summed E-state index contributed by atoms with van der Waals surface area (Å²) in [6.07, 6.45) is 7.40. The second-order valence-electron chi connectivity index (χ2n) is 6.41. The van der Waals surface area contributed by atoms with Crippen molar-refractivity contribution in [3.05, 3.63) is 104 Å². The zero-order valence-corrected chi connectivity index (χ0v) is 16.1. The highest BCUT2D eigenvalue weighted by atomic mass is 16.5. The van der Waals surface area contributed by atoms with E-state index in [4.69, 9.17) is 9.72 Å². The van der Waals surface area contributed by atoms with Crippen LogP contribution in [0.4, 0.5) is 5.82 Å². The molecule has 0 radical (unpaired) electrons. The quantitative estimate of drug-likeness (QED) is 0.430. The maximum Gasteiger partial charge on any atom is 0.129 e. The van der Waals surface area contributed by atoms with Gasteiger partial charge in [-0.2, -0.15) is 0 Å². The zero-order valence-electron chi connectivity index (χ0n) is 16.1. The first-order valence-corrected chi connectivity index (χ1v) is 9.10. The topological polar surface area (TPSA) is 25.4 Å². The van der Waals surface area contributed by atoms with Gasteiger partial charge in [-0.25, -0.2) is 4.98 Å². The number of ether oxygens (including phenoxy) is 1. The maximum atomic E-state index is 5.96. The Morgan fingerprint density at radius 3 is 2.50 bits per heavy atom. The van der Waals surface area contributed by atoms with Crippen LogP contribution in [0.15, 0.2) is 98.1 Å².